The van der Waals surface area contributed by atoms with E-state index in [0.29, 0.717) is 37.2 Å². The summed E-state index contributed by atoms with van der Waals surface area (Å²) in [6, 6.07) is 14.3. The molecule has 2 heterocycles. The smallest absolute Gasteiger partial charge is 0.332 e. The van der Waals surface area contributed by atoms with Gasteiger partial charge in [-0.25, -0.2) is 22.4 Å². The molecule has 0 aliphatic carbocycles. The molecule has 2 fully saturated rings. The summed E-state index contributed by atoms with van der Waals surface area (Å²) in [6.45, 7) is 0.934. The van der Waals surface area contributed by atoms with Crippen molar-refractivity contribution in [1.82, 2.24) is 14.1 Å². The Morgan fingerprint density at radius 3 is 2.12 bits per heavy atom. The first-order valence-corrected chi connectivity index (χ1v) is 12.1. The maximum absolute atomic E-state index is 12.9. The van der Waals surface area contributed by atoms with Crippen molar-refractivity contribution in [3.8, 4) is 0 Å². The van der Waals surface area contributed by atoms with Crippen molar-refractivity contribution in [3.63, 3.8) is 0 Å². The Kier molecular flexibility index (Phi) is 6.22. The third kappa shape index (κ3) is 4.36. The fraction of sp³-hybridized carbons (Fsp3) is 0.348. The highest BCUT2D eigenvalue weighted by molar-refractivity contribution is 7.89. The number of carbonyl (C=O) groups excluding carboxylic acids is 3. The number of sulfonamides is 1. The van der Waals surface area contributed by atoms with Gasteiger partial charge in [0, 0.05) is 38.8 Å². The van der Waals surface area contributed by atoms with E-state index in [9.17, 15) is 22.8 Å². The van der Waals surface area contributed by atoms with Crippen molar-refractivity contribution in [1.29, 1.82) is 0 Å². The SMILES string of the molecule is CN(C)S(=O)(=O)c1ccc(C(=O)N2CCC(N3CC(=O)N(c4ccccc4)C3=O)CC2)cc1. The number of piperidine rings is 1. The first kappa shape index (κ1) is 22.9. The largest absolute Gasteiger partial charge is 0.338 e. The molecule has 0 atom stereocenters. The third-order valence-corrected chi connectivity index (χ3v) is 7.91. The summed E-state index contributed by atoms with van der Waals surface area (Å²) in [7, 11) is -0.647. The van der Waals surface area contributed by atoms with Crippen molar-refractivity contribution in [2.45, 2.75) is 23.8 Å². The molecule has 2 aliphatic rings. The number of benzene rings is 2. The Hall–Kier alpha value is -3.24. The Bertz CT molecular complexity index is 1160. The van der Waals surface area contributed by atoms with Crippen molar-refractivity contribution in [3.05, 3.63) is 60.2 Å². The number of imide groups is 1. The van der Waals surface area contributed by atoms with E-state index in [0.717, 1.165) is 4.31 Å². The number of hydrogen-bond donors (Lipinski definition) is 0. The number of anilines is 1. The van der Waals surface area contributed by atoms with Gasteiger partial charge in [-0.3, -0.25) is 9.59 Å². The maximum Gasteiger partial charge on any atom is 0.332 e. The van der Waals surface area contributed by atoms with Crippen LogP contribution in [-0.2, 0) is 14.8 Å². The first-order chi connectivity index (χ1) is 15.7. The van der Waals surface area contributed by atoms with E-state index in [1.165, 1.54) is 43.3 Å². The van der Waals surface area contributed by atoms with Gasteiger partial charge in [0.05, 0.1) is 10.6 Å². The van der Waals surface area contributed by atoms with Crippen molar-refractivity contribution >= 4 is 33.6 Å². The zero-order valence-corrected chi connectivity index (χ0v) is 19.4. The molecule has 2 saturated heterocycles. The molecule has 0 radical (unpaired) electrons. The fourth-order valence-corrected chi connectivity index (χ4v) is 5.08. The van der Waals surface area contributed by atoms with Gasteiger partial charge in [-0.2, -0.15) is 0 Å². The summed E-state index contributed by atoms with van der Waals surface area (Å²) in [6.07, 6.45) is 1.14. The lowest BCUT2D eigenvalue weighted by molar-refractivity contribution is -0.116. The van der Waals surface area contributed by atoms with Crippen LogP contribution in [0.3, 0.4) is 0 Å². The number of likely N-dealkylation sites (tertiary alicyclic amines) is 1. The van der Waals surface area contributed by atoms with Crippen molar-refractivity contribution in [2.75, 3.05) is 38.6 Å². The van der Waals surface area contributed by atoms with Crippen LogP contribution < -0.4 is 4.90 Å². The molecule has 2 aliphatic heterocycles. The van der Waals surface area contributed by atoms with Crippen LogP contribution in [0.25, 0.3) is 0 Å². The number of para-hydroxylation sites is 1. The summed E-state index contributed by atoms with van der Waals surface area (Å²) in [5.41, 5.74) is 0.969. The van der Waals surface area contributed by atoms with Gasteiger partial charge in [-0.1, -0.05) is 18.2 Å². The van der Waals surface area contributed by atoms with Crippen LogP contribution in [0.4, 0.5) is 10.5 Å². The highest BCUT2D eigenvalue weighted by atomic mass is 32.2. The second-order valence-electron chi connectivity index (χ2n) is 8.31. The summed E-state index contributed by atoms with van der Waals surface area (Å²) < 4.78 is 25.5. The Morgan fingerprint density at radius 1 is 0.939 bits per heavy atom. The van der Waals surface area contributed by atoms with Gasteiger partial charge >= 0.3 is 6.03 Å². The lowest BCUT2D eigenvalue weighted by atomic mass is 10.0. The molecule has 2 aromatic rings. The van der Waals surface area contributed by atoms with E-state index in [2.05, 4.69) is 0 Å². The number of rotatable bonds is 5. The minimum atomic E-state index is -3.56. The number of carbonyl (C=O) groups is 3. The minimum Gasteiger partial charge on any atom is -0.338 e. The molecular weight excluding hydrogens is 444 g/mol. The van der Waals surface area contributed by atoms with Crippen LogP contribution in [0.5, 0.6) is 0 Å². The van der Waals surface area contributed by atoms with Gasteiger partial charge in [-0.05, 0) is 49.2 Å². The molecule has 4 amide bonds. The van der Waals surface area contributed by atoms with Gasteiger partial charge in [0.15, 0.2) is 0 Å². The van der Waals surface area contributed by atoms with E-state index < -0.39 is 10.0 Å². The lowest BCUT2D eigenvalue weighted by Crippen LogP contribution is -2.48. The standard InChI is InChI=1S/C23H26N4O5S/c1-24(2)33(31,32)20-10-8-17(9-11-20)22(29)25-14-12-18(13-15-25)26-16-21(28)27(23(26)30)19-6-4-3-5-7-19/h3-11,18H,12-16H2,1-2H3. The molecule has 174 valence electrons. The lowest BCUT2D eigenvalue weighted by Gasteiger charge is -2.36. The molecule has 0 N–H and O–H groups in total. The van der Waals surface area contributed by atoms with Crippen LogP contribution in [0, 0.1) is 0 Å². The van der Waals surface area contributed by atoms with Crippen LogP contribution in [0.1, 0.15) is 23.2 Å². The predicted octanol–water partition coefficient (Wildman–Crippen LogP) is 2.01. The summed E-state index contributed by atoms with van der Waals surface area (Å²) in [5, 5.41) is 0. The van der Waals surface area contributed by atoms with Gasteiger partial charge in [0.25, 0.3) is 11.8 Å². The number of hydrogen-bond acceptors (Lipinski definition) is 5. The first-order valence-electron chi connectivity index (χ1n) is 10.7. The third-order valence-electron chi connectivity index (χ3n) is 6.08. The number of amides is 4. The van der Waals surface area contributed by atoms with E-state index in [4.69, 9.17) is 0 Å². The zero-order valence-electron chi connectivity index (χ0n) is 18.5. The molecule has 0 saturated carbocycles. The van der Waals surface area contributed by atoms with Crippen molar-refractivity contribution in [2.24, 2.45) is 0 Å². The van der Waals surface area contributed by atoms with Gasteiger partial charge in [0.1, 0.15) is 6.54 Å². The highest BCUT2D eigenvalue weighted by Crippen LogP contribution is 2.27. The molecule has 2 aromatic carbocycles. The molecule has 0 unspecified atom stereocenters. The average molecular weight is 471 g/mol. The van der Waals surface area contributed by atoms with Crippen LogP contribution in [0.2, 0.25) is 0 Å². The topological polar surface area (TPSA) is 98.3 Å². The van der Waals surface area contributed by atoms with Gasteiger partial charge in [-0.15, -0.1) is 0 Å². The average Bonchev–Trinajstić information content (AvgIpc) is 3.13. The summed E-state index contributed by atoms with van der Waals surface area (Å²) >= 11 is 0. The van der Waals surface area contributed by atoms with E-state index in [1.54, 1.807) is 34.1 Å². The maximum atomic E-state index is 12.9. The Labute approximate surface area is 193 Å². The predicted molar refractivity (Wildman–Crippen MR) is 122 cm³/mol. The quantitative estimate of drug-likeness (QED) is 0.623. The normalized spacial score (nSPS) is 17.8. The monoisotopic (exact) mass is 470 g/mol. The second kappa shape index (κ2) is 8.95. The Balaban J connectivity index is 1.39. The van der Waals surface area contributed by atoms with E-state index >= 15 is 0 Å². The number of nitrogens with zero attached hydrogens (tertiary/aromatic N) is 4. The van der Waals surface area contributed by atoms with Crippen LogP contribution >= 0.6 is 0 Å². The zero-order chi connectivity index (χ0) is 23.8. The second-order valence-corrected chi connectivity index (χ2v) is 10.5. The molecule has 33 heavy (non-hydrogen) atoms. The fourth-order valence-electron chi connectivity index (χ4n) is 4.18. The van der Waals surface area contributed by atoms with Gasteiger partial charge < -0.3 is 9.80 Å². The molecule has 9 nitrogen and oxygen atoms in total. The van der Waals surface area contributed by atoms with E-state index in [1.807, 2.05) is 6.07 Å². The molecule has 10 heteroatoms. The van der Waals surface area contributed by atoms with Crippen molar-refractivity contribution < 1.29 is 22.8 Å². The highest BCUT2D eigenvalue weighted by Gasteiger charge is 2.41. The Morgan fingerprint density at radius 2 is 1.55 bits per heavy atom. The summed E-state index contributed by atoms with van der Waals surface area (Å²) in [4.78, 5) is 42.9. The number of urea groups is 1. The van der Waals surface area contributed by atoms with Crippen LogP contribution in [-0.4, -0.2) is 80.1 Å². The molecule has 0 bridgehead atoms. The molecule has 4 rings (SSSR count). The molecule has 0 spiro atoms. The minimum absolute atomic E-state index is 0.0359. The van der Waals surface area contributed by atoms with Gasteiger partial charge in [0.2, 0.25) is 10.0 Å². The van der Waals surface area contributed by atoms with Crippen LogP contribution in [0.15, 0.2) is 59.5 Å². The van der Waals surface area contributed by atoms with E-state index in [-0.39, 0.29) is 35.3 Å². The molecular formula is C23H26N4O5S. The summed E-state index contributed by atoms with van der Waals surface area (Å²) in [5.74, 6) is -0.436. The molecule has 0 aromatic heterocycles.